The third-order valence-electron chi connectivity index (χ3n) is 2.98. The quantitative estimate of drug-likeness (QED) is 0.547. The Labute approximate surface area is 86.4 Å². The van der Waals surface area contributed by atoms with Crippen molar-refractivity contribution in [3.63, 3.8) is 0 Å². The van der Waals surface area contributed by atoms with Gasteiger partial charge in [-0.25, -0.2) is 0 Å². The molecular weight excluding hydrogens is 180 g/mol. The van der Waals surface area contributed by atoms with E-state index in [0.717, 1.165) is 19.3 Å². The molecule has 1 N–H and O–H groups in total. The highest BCUT2D eigenvalue weighted by Gasteiger charge is 2.36. The molecule has 1 fully saturated rings. The molecule has 3 nitrogen and oxygen atoms in total. The minimum atomic E-state index is -0.894. The Balaban J connectivity index is 2.25. The third-order valence-corrected chi connectivity index (χ3v) is 2.98. The van der Waals surface area contributed by atoms with Crippen LogP contribution in [0.15, 0.2) is 0 Å². The lowest BCUT2D eigenvalue weighted by Crippen LogP contribution is -2.42. The van der Waals surface area contributed by atoms with E-state index >= 15 is 0 Å². The fourth-order valence-corrected chi connectivity index (χ4v) is 1.94. The molecule has 3 heteroatoms. The zero-order chi connectivity index (χ0) is 10.4. The molecule has 1 saturated carbocycles. The Hall–Kier alpha value is -0.120. The molecule has 0 heterocycles. The molecule has 0 saturated heterocycles. The molecule has 0 radical (unpaired) electrons. The van der Waals surface area contributed by atoms with Crippen LogP contribution < -0.4 is 0 Å². The van der Waals surface area contributed by atoms with Gasteiger partial charge < -0.3 is 14.6 Å². The number of rotatable bonds is 5. The third kappa shape index (κ3) is 3.23. The molecule has 2 unspecified atom stereocenters. The number of hydrogen-bond acceptors (Lipinski definition) is 3. The maximum atomic E-state index is 10.2. The first-order valence-corrected chi connectivity index (χ1v) is 5.63. The lowest BCUT2D eigenvalue weighted by molar-refractivity contribution is -0.251. The minimum Gasteiger partial charge on any atom is -0.379 e. The molecule has 84 valence electrons. The van der Waals surface area contributed by atoms with Crippen LogP contribution in [0.4, 0.5) is 0 Å². The molecule has 0 aromatic rings. The van der Waals surface area contributed by atoms with Gasteiger partial charge in [-0.05, 0) is 19.8 Å². The summed E-state index contributed by atoms with van der Waals surface area (Å²) in [6.45, 7) is 5.79. The highest BCUT2D eigenvalue weighted by atomic mass is 16.6. The molecule has 0 aromatic carbocycles. The Kier molecular flexibility index (Phi) is 4.85. The van der Waals surface area contributed by atoms with Crippen LogP contribution in [0.2, 0.25) is 0 Å². The van der Waals surface area contributed by atoms with Gasteiger partial charge in [0, 0.05) is 18.9 Å². The predicted octanol–water partition coefficient (Wildman–Crippen LogP) is 1.94. The van der Waals surface area contributed by atoms with Crippen LogP contribution in [-0.4, -0.2) is 30.7 Å². The molecule has 2 atom stereocenters. The standard InChI is InChI=1S/C11H22O3/c1-3-13-8-9-14-11(12)7-5-4-6-10(11)2/h10,12H,3-9H2,1-2H3. The van der Waals surface area contributed by atoms with Crippen LogP contribution in [0, 0.1) is 5.92 Å². The number of aliphatic hydroxyl groups is 1. The van der Waals surface area contributed by atoms with Crippen molar-refractivity contribution in [1.29, 1.82) is 0 Å². The van der Waals surface area contributed by atoms with Crippen molar-refractivity contribution >= 4 is 0 Å². The summed E-state index contributed by atoms with van der Waals surface area (Å²) in [5, 5.41) is 10.2. The first kappa shape index (κ1) is 12.0. The number of ether oxygens (including phenoxy) is 2. The van der Waals surface area contributed by atoms with E-state index < -0.39 is 5.79 Å². The Morgan fingerprint density at radius 1 is 1.36 bits per heavy atom. The van der Waals surface area contributed by atoms with Crippen LogP contribution in [-0.2, 0) is 9.47 Å². The van der Waals surface area contributed by atoms with Crippen LogP contribution in [0.25, 0.3) is 0 Å². The molecule has 14 heavy (non-hydrogen) atoms. The molecule has 0 amide bonds. The zero-order valence-electron chi connectivity index (χ0n) is 9.29. The van der Waals surface area contributed by atoms with Gasteiger partial charge in [-0.2, -0.15) is 0 Å². The van der Waals surface area contributed by atoms with Crippen LogP contribution in [0.1, 0.15) is 39.5 Å². The maximum Gasteiger partial charge on any atom is 0.168 e. The van der Waals surface area contributed by atoms with Gasteiger partial charge in [-0.3, -0.25) is 0 Å². The molecular formula is C11H22O3. The van der Waals surface area contributed by atoms with Gasteiger partial charge in [0.25, 0.3) is 0 Å². The summed E-state index contributed by atoms with van der Waals surface area (Å²) in [4.78, 5) is 0. The first-order valence-electron chi connectivity index (χ1n) is 5.63. The average Bonchev–Trinajstić information content (AvgIpc) is 2.18. The molecule has 0 aliphatic heterocycles. The second-order valence-electron chi connectivity index (χ2n) is 4.04. The van der Waals surface area contributed by atoms with Crippen molar-refractivity contribution in [2.24, 2.45) is 5.92 Å². The average molecular weight is 202 g/mol. The molecule has 1 aliphatic carbocycles. The largest absolute Gasteiger partial charge is 0.379 e. The van der Waals surface area contributed by atoms with Crippen molar-refractivity contribution in [3.8, 4) is 0 Å². The van der Waals surface area contributed by atoms with Gasteiger partial charge in [0.15, 0.2) is 5.79 Å². The molecule has 0 bridgehead atoms. The highest BCUT2D eigenvalue weighted by molar-refractivity contribution is 4.79. The second-order valence-corrected chi connectivity index (χ2v) is 4.04. The predicted molar refractivity (Wildman–Crippen MR) is 55.0 cm³/mol. The van der Waals surface area contributed by atoms with Crippen molar-refractivity contribution in [2.45, 2.75) is 45.3 Å². The van der Waals surface area contributed by atoms with E-state index in [2.05, 4.69) is 6.92 Å². The second kappa shape index (κ2) is 5.69. The van der Waals surface area contributed by atoms with Gasteiger partial charge >= 0.3 is 0 Å². The van der Waals surface area contributed by atoms with E-state index in [1.54, 1.807) is 0 Å². The zero-order valence-corrected chi connectivity index (χ0v) is 9.29. The Morgan fingerprint density at radius 2 is 2.14 bits per heavy atom. The van der Waals surface area contributed by atoms with Crippen molar-refractivity contribution in [1.82, 2.24) is 0 Å². The van der Waals surface area contributed by atoms with Gasteiger partial charge in [0.1, 0.15) is 0 Å². The van der Waals surface area contributed by atoms with Crippen molar-refractivity contribution in [3.05, 3.63) is 0 Å². The lowest BCUT2D eigenvalue weighted by atomic mass is 9.85. The van der Waals surface area contributed by atoms with E-state index in [1.807, 2.05) is 6.92 Å². The van der Waals surface area contributed by atoms with Crippen molar-refractivity contribution in [2.75, 3.05) is 19.8 Å². The summed E-state index contributed by atoms with van der Waals surface area (Å²) in [6, 6.07) is 0. The summed E-state index contributed by atoms with van der Waals surface area (Å²) in [5.41, 5.74) is 0. The van der Waals surface area contributed by atoms with E-state index in [1.165, 1.54) is 6.42 Å². The molecule has 1 rings (SSSR count). The fraction of sp³-hybridized carbons (Fsp3) is 1.00. The summed E-state index contributed by atoms with van der Waals surface area (Å²) in [5.74, 6) is -0.645. The summed E-state index contributed by atoms with van der Waals surface area (Å²) >= 11 is 0. The van der Waals surface area contributed by atoms with Crippen LogP contribution in [0.5, 0.6) is 0 Å². The molecule has 1 aliphatic rings. The van der Waals surface area contributed by atoms with E-state index in [9.17, 15) is 5.11 Å². The Bertz CT molecular complexity index is 161. The van der Waals surface area contributed by atoms with Crippen molar-refractivity contribution < 1.29 is 14.6 Å². The van der Waals surface area contributed by atoms with E-state index in [4.69, 9.17) is 9.47 Å². The maximum absolute atomic E-state index is 10.2. The van der Waals surface area contributed by atoms with Gasteiger partial charge in [-0.15, -0.1) is 0 Å². The summed E-state index contributed by atoms with van der Waals surface area (Å²) in [7, 11) is 0. The minimum absolute atomic E-state index is 0.248. The number of hydrogen-bond donors (Lipinski definition) is 1. The SMILES string of the molecule is CCOCCOC1(O)CCCCC1C. The van der Waals surface area contributed by atoms with Gasteiger partial charge in [-0.1, -0.05) is 13.3 Å². The van der Waals surface area contributed by atoms with Crippen LogP contribution >= 0.6 is 0 Å². The fourth-order valence-electron chi connectivity index (χ4n) is 1.94. The van der Waals surface area contributed by atoms with E-state index in [-0.39, 0.29) is 5.92 Å². The normalized spacial score (nSPS) is 33.2. The van der Waals surface area contributed by atoms with E-state index in [0.29, 0.717) is 19.8 Å². The Morgan fingerprint density at radius 3 is 2.79 bits per heavy atom. The van der Waals surface area contributed by atoms with Gasteiger partial charge in [0.2, 0.25) is 0 Å². The van der Waals surface area contributed by atoms with Gasteiger partial charge in [0.05, 0.1) is 13.2 Å². The summed E-state index contributed by atoms with van der Waals surface area (Å²) in [6.07, 6.45) is 4.10. The first-order chi connectivity index (χ1) is 6.69. The topological polar surface area (TPSA) is 38.7 Å². The summed E-state index contributed by atoms with van der Waals surface area (Å²) < 4.78 is 10.7. The highest BCUT2D eigenvalue weighted by Crippen LogP contribution is 2.34. The molecule has 0 spiro atoms. The smallest absolute Gasteiger partial charge is 0.168 e. The molecule has 0 aromatic heterocycles. The lowest BCUT2D eigenvalue weighted by Gasteiger charge is -2.37. The monoisotopic (exact) mass is 202 g/mol. The van der Waals surface area contributed by atoms with Crippen LogP contribution in [0.3, 0.4) is 0 Å².